The summed E-state index contributed by atoms with van der Waals surface area (Å²) in [6.45, 7) is 4.97. The molecule has 1 rings (SSSR count). The van der Waals surface area contributed by atoms with Gasteiger partial charge in [-0.05, 0) is 38.0 Å². The standard InChI is InChI=1S/C16H25F2O5P/c1-4-7-12-21-14-10-8-13(9-11-14)15(19)16(17,18)24(20,22-5-2)23-6-3/h8-11,15,19H,4-7,12H2,1-3H3. The Morgan fingerprint density at radius 1 is 1.12 bits per heavy atom. The Balaban J connectivity index is 2.93. The van der Waals surface area contributed by atoms with Crippen LogP contribution in [-0.2, 0) is 13.6 Å². The molecule has 0 bridgehead atoms. The van der Waals surface area contributed by atoms with Gasteiger partial charge in [0, 0.05) is 0 Å². The Hall–Kier alpha value is -1.01. The first-order valence-electron chi connectivity index (χ1n) is 8.00. The van der Waals surface area contributed by atoms with Gasteiger partial charge in [0.05, 0.1) is 19.8 Å². The molecule has 0 saturated carbocycles. The zero-order chi connectivity index (χ0) is 18.2. The maximum atomic E-state index is 14.5. The van der Waals surface area contributed by atoms with Crippen molar-refractivity contribution in [2.24, 2.45) is 0 Å². The lowest BCUT2D eigenvalue weighted by Gasteiger charge is -2.29. The lowest BCUT2D eigenvalue weighted by molar-refractivity contribution is -0.0676. The molecule has 0 fully saturated rings. The van der Waals surface area contributed by atoms with Gasteiger partial charge in [-0.15, -0.1) is 0 Å². The molecular formula is C16H25F2O5P. The predicted octanol–water partition coefficient (Wildman–Crippen LogP) is 4.76. The number of halogens is 2. The highest BCUT2D eigenvalue weighted by molar-refractivity contribution is 7.55. The van der Waals surface area contributed by atoms with Crippen molar-refractivity contribution in [3.63, 3.8) is 0 Å². The van der Waals surface area contributed by atoms with E-state index in [1.807, 2.05) is 6.92 Å². The summed E-state index contributed by atoms with van der Waals surface area (Å²) in [5.74, 6) is 0.514. The van der Waals surface area contributed by atoms with E-state index in [1.165, 1.54) is 38.1 Å². The number of alkyl halides is 2. The van der Waals surface area contributed by atoms with E-state index in [9.17, 15) is 18.5 Å². The van der Waals surface area contributed by atoms with Crippen LogP contribution in [0.15, 0.2) is 24.3 Å². The van der Waals surface area contributed by atoms with Crippen LogP contribution in [0.25, 0.3) is 0 Å². The van der Waals surface area contributed by atoms with Gasteiger partial charge < -0.3 is 18.9 Å². The molecule has 0 heterocycles. The predicted molar refractivity (Wildman–Crippen MR) is 87.6 cm³/mol. The molecule has 1 aromatic carbocycles. The molecular weight excluding hydrogens is 341 g/mol. The highest BCUT2D eigenvalue weighted by atomic mass is 31.2. The first kappa shape index (κ1) is 21.0. The van der Waals surface area contributed by atoms with Crippen LogP contribution in [0.3, 0.4) is 0 Å². The molecule has 0 aliphatic rings. The summed E-state index contributed by atoms with van der Waals surface area (Å²) in [6.07, 6.45) is -0.451. The molecule has 8 heteroatoms. The van der Waals surface area contributed by atoms with Gasteiger partial charge in [0.1, 0.15) is 5.75 Å². The van der Waals surface area contributed by atoms with Crippen LogP contribution < -0.4 is 4.74 Å². The number of aliphatic hydroxyl groups is 1. The lowest BCUT2D eigenvalue weighted by atomic mass is 10.1. The van der Waals surface area contributed by atoms with Crippen LogP contribution in [0, 0.1) is 0 Å². The van der Waals surface area contributed by atoms with Crippen LogP contribution in [0.5, 0.6) is 5.75 Å². The van der Waals surface area contributed by atoms with E-state index in [1.54, 1.807) is 0 Å². The molecule has 0 spiro atoms. The zero-order valence-electron chi connectivity index (χ0n) is 14.2. The minimum absolute atomic E-state index is 0.0949. The monoisotopic (exact) mass is 366 g/mol. The summed E-state index contributed by atoms with van der Waals surface area (Å²) >= 11 is 0. The summed E-state index contributed by atoms with van der Waals surface area (Å²) in [7, 11) is -4.79. The number of benzene rings is 1. The van der Waals surface area contributed by atoms with Crippen LogP contribution in [0.1, 0.15) is 45.3 Å². The van der Waals surface area contributed by atoms with E-state index in [-0.39, 0.29) is 18.8 Å². The molecule has 138 valence electrons. The number of unbranched alkanes of at least 4 members (excludes halogenated alkanes) is 1. The Bertz CT molecular complexity index is 526. The normalized spacial score (nSPS) is 13.8. The van der Waals surface area contributed by atoms with Gasteiger partial charge in [-0.1, -0.05) is 25.5 Å². The largest absolute Gasteiger partial charge is 0.494 e. The van der Waals surface area contributed by atoms with E-state index in [0.29, 0.717) is 12.4 Å². The van der Waals surface area contributed by atoms with E-state index in [2.05, 4.69) is 9.05 Å². The van der Waals surface area contributed by atoms with Crippen LogP contribution in [0.4, 0.5) is 8.78 Å². The quantitative estimate of drug-likeness (QED) is 0.452. The second-order valence-corrected chi connectivity index (χ2v) is 7.20. The Morgan fingerprint density at radius 2 is 1.67 bits per heavy atom. The smallest absolute Gasteiger partial charge is 0.402 e. The highest BCUT2D eigenvalue weighted by Gasteiger charge is 2.59. The van der Waals surface area contributed by atoms with Crippen molar-refractivity contribution in [2.75, 3.05) is 19.8 Å². The van der Waals surface area contributed by atoms with Crippen molar-refractivity contribution in [1.29, 1.82) is 0 Å². The fraction of sp³-hybridized carbons (Fsp3) is 0.625. The van der Waals surface area contributed by atoms with Crippen molar-refractivity contribution >= 4 is 7.60 Å². The molecule has 1 aromatic rings. The minimum atomic E-state index is -4.79. The van der Waals surface area contributed by atoms with Crippen molar-refractivity contribution in [1.82, 2.24) is 0 Å². The fourth-order valence-corrected chi connectivity index (χ4v) is 3.53. The van der Waals surface area contributed by atoms with Crippen LogP contribution >= 0.6 is 7.60 Å². The third-order valence-corrected chi connectivity index (χ3v) is 5.43. The first-order valence-corrected chi connectivity index (χ1v) is 9.54. The van der Waals surface area contributed by atoms with E-state index >= 15 is 0 Å². The van der Waals surface area contributed by atoms with Crippen LogP contribution in [0.2, 0.25) is 0 Å². The summed E-state index contributed by atoms with van der Waals surface area (Å²) in [5.41, 5.74) is -4.16. The van der Waals surface area contributed by atoms with Crippen molar-refractivity contribution < 1.29 is 32.2 Å². The molecule has 0 saturated heterocycles. The topological polar surface area (TPSA) is 65.0 Å². The molecule has 1 N–H and O–H groups in total. The molecule has 0 aliphatic heterocycles. The molecule has 24 heavy (non-hydrogen) atoms. The lowest BCUT2D eigenvalue weighted by Crippen LogP contribution is -2.28. The average molecular weight is 366 g/mol. The fourth-order valence-electron chi connectivity index (χ4n) is 1.98. The Kier molecular flexibility index (Phi) is 8.30. The Labute approximate surface area is 141 Å². The number of rotatable bonds is 11. The zero-order valence-corrected chi connectivity index (χ0v) is 15.1. The second kappa shape index (κ2) is 9.47. The summed E-state index contributed by atoms with van der Waals surface area (Å²) in [5, 5.41) is 10.0. The van der Waals surface area contributed by atoms with E-state index in [4.69, 9.17) is 4.74 Å². The Morgan fingerprint density at radius 3 is 2.12 bits per heavy atom. The first-order chi connectivity index (χ1) is 11.3. The van der Waals surface area contributed by atoms with E-state index in [0.717, 1.165) is 12.8 Å². The van der Waals surface area contributed by atoms with Crippen molar-refractivity contribution in [2.45, 2.75) is 45.4 Å². The third-order valence-electron chi connectivity index (χ3n) is 3.25. The van der Waals surface area contributed by atoms with Crippen molar-refractivity contribution in [3.05, 3.63) is 29.8 Å². The van der Waals surface area contributed by atoms with Gasteiger partial charge >= 0.3 is 13.3 Å². The number of ether oxygens (including phenoxy) is 1. The summed E-state index contributed by atoms with van der Waals surface area (Å²) < 4.78 is 56.0. The van der Waals surface area contributed by atoms with Gasteiger partial charge in [0.15, 0.2) is 6.10 Å². The van der Waals surface area contributed by atoms with Gasteiger partial charge in [-0.3, -0.25) is 4.57 Å². The SMILES string of the molecule is CCCCOc1ccc(C(O)C(F)(F)P(=O)(OCC)OCC)cc1. The maximum Gasteiger partial charge on any atom is 0.402 e. The summed E-state index contributed by atoms with van der Waals surface area (Å²) in [6, 6.07) is 5.58. The number of hydrogen-bond acceptors (Lipinski definition) is 5. The number of aliphatic hydroxyl groups excluding tert-OH is 1. The number of hydrogen-bond donors (Lipinski definition) is 1. The van der Waals surface area contributed by atoms with E-state index < -0.39 is 19.4 Å². The maximum absolute atomic E-state index is 14.5. The molecule has 5 nitrogen and oxygen atoms in total. The molecule has 0 aliphatic carbocycles. The molecule has 0 amide bonds. The molecule has 1 unspecified atom stereocenters. The second-order valence-electron chi connectivity index (χ2n) is 5.09. The van der Waals surface area contributed by atoms with Gasteiger partial charge in [0.2, 0.25) is 0 Å². The highest BCUT2D eigenvalue weighted by Crippen LogP contribution is 2.66. The molecule has 0 aromatic heterocycles. The average Bonchev–Trinajstić information content (AvgIpc) is 2.55. The van der Waals surface area contributed by atoms with Gasteiger partial charge in [-0.2, -0.15) is 8.78 Å². The van der Waals surface area contributed by atoms with Gasteiger partial charge in [0.25, 0.3) is 0 Å². The summed E-state index contributed by atoms with van der Waals surface area (Å²) in [4.78, 5) is 0. The van der Waals surface area contributed by atoms with Gasteiger partial charge in [-0.25, -0.2) is 0 Å². The third kappa shape index (κ3) is 4.99. The van der Waals surface area contributed by atoms with Crippen molar-refractivity contribution in [3.8, 4) is 5.75 Å². The van der Waals surface area contributed by atoms with Crippen LogP contribution in [-0.4, -0.2) is 30.6 Å². The molecule has 1 atom stereocenters. The minimum Gasteiger partial charge on any atom is -0.494 e. The molecule has 0 radical (unpaired) electrons.